The van der Waals surface area contributed by atoms with Crippen LogP contribution in [0.1, 0.15) is 0 Å². The van der Waals surface area contributed by atoms with Crippen LogP contribution in [-0.2, 0) is 4.74 Å². The molecule has 1 aliphatic carbocycles. The topological polar surface area (TPSA) is 104 Å². The SMILES string of the molecule is O=c1c2ccccc2c(-c2cc3cccoc-3c2)nn1-c1cc(N2CCOCC2)ccc1[N+](=O)[O-]. The van der Waals surface area contributed by atoms with Crippen molar-refractivity contribution in [2.75, 3.05) is 31.2 Å². The summed E-state index contributed by atoms with van der Waals surface area (Å²) in [4.78, 5) is 27.1. The monoisotopic (exact) mass is 468 g/mol. The van der Waals surface area contributed by atoms with Gasteiger partial charge in [0.2, 0.25) is 0 Å². The Morgan fingerprint density at radius 3 is 2.49 bits per heavy atom. The molecule has 9 nitrogen and oxygen atoms in total. The molecule has 2 aliphatic heterocycles. The molecule has 0 spiro atoms. The highest BCUT2D eigenvalue weighted by Gasteiger charge is 2.24. The number of hydrogen-bond acceptors (Lipinski definition) is 7. The Balaban J connectivity index is 1.62. The zero-order valence-corrected chi connectivity index (χ0v) is 18.6. The van der Waals surface area contributed by atoms with Gasteiger partial charge in [0.15, 0.2) is 0 Å². The maximum Gasteiger partial charge on any atom is 0.295 e. The van der Waals surface area contributed by atoms with Crippen molar-refractivity contribution in [1.82, 2.24) is 9.78 Å². The molecular formula is C26H20N4O5. The number of nitrogens with zero attached hydrogens (tertiary/aromatic N) is 4. The van der Waals surface area contributed by atoms with E-state index >= 15 is 0 Å². The molecule has 1 saturated heterocycles. The highest BCUT2D eigenvalue weighted by molar-refractivity contribution is 5.95. The maximum absolute atomic E-state index is 13.6. The fraction of sp³-hybridized carbons (Fsp3) is 0.154. The Morgan fingerprint density at radius 1 is 0.914 bits per heavy atom. The van der Waals surface area contributed by atoms with Crippen LogP contribution in [0.3, 0.4) is 0 Å². The third kappa shape index (κ3) is 3.62. The molecule has 0 saturated carbocycles. The summed E-state index contributed by atoms with van der Waals surface area (Å²) in [6.45, 7) is 2.46. The van der Waals surface area contributed by atoms with Crippen LogP contribution in [0.2, 0.25) is 0 Å². The van der Waals surface area contributed by atoms with Crippen LogP contribution >= 0.6 is 0 Å². The summed E-state index contributed by atoms with van der Waals surface area (Å²) in [5.74, 6) is 0.687. The molecule has 0 radical (unpaired) electrons. The molecule has 174 valence electrons. The van der Waals surface area contributed by atoms with Gasteiger partial charge in [0, 0.05) is 41.4 Å². The first-order chi connectivity index (χ1) is 17.1. The number of ether oxygens (including phenoxy) is 1. The predicted octanol–water partition coefficient (Wildman–Crippen LogP) is 4.50. The van der Waals surface area contributed by atoms with Gasteiger partial charge in [0.1, 0.15) is 11.4 Å². The summed E-state index contributed by atoms with van der Waals surface area (Å²) in [5.41, 5.74) is 2.47. The molecule has 1 fully saturated rings. The van der Waals surface area contributed by atoms with Gasteiger partial charge in [0.05, 0.1) is 35.5 Å². The molecule has 2 aromatic carbocycles. The van der Waals surface area contributed by atoms with Gasteiger partial charge in [-0.15, -0.1) is 0 Å². The van der Waals surface area contributed by atoms with E-state index in [2.05, 4.69) is 10.00 Å². The summed E-state index contributed by atoms with van der Waals surface area (Å²) in [5, 5.41) is 17.7. The van der Waals surface area contributed by atoms with Gasteiger partial charge in [-0.1, -0.05) is 18.2 Å². The minimum absolute atomic E-state index is 0.122. The molecule has 0 atom stereocenters. The van der Waals surface area contributed by atoms with Gasteiger partial charge >= 0.3 is 0 Å². The van der Waals surface area contributed by atoms with Crippen LogP contribution in [-0.4, -0.2) is 41.0 Å². The normalized spacial score (nSPS) is 14.0. The van der Waals surface area contributed by atoms with Crippen molar-refractivity contribution in [1.29, 1.82) is 0 Å². The zero-order chi connectivity index (χ0) is 23.9. The molecule has 35 heavy (non-hydrogen) atoms. The number of fused-ring (bicyclic) bond motifs is 2. The van der Waals surface area contributed by atoms with Crippen LogP contribution in [0.25, 0.3) is 39.0 Å². The lowest BCUT2D eigenvalue weighted by Crippen LogP contribution is -2.36. The molecule has 1 aromatic heterocycles. The molecule has 3 aliphatic rings. The standard InChI is InChI=1S/C26H20N4O5/c31-26-21-6-2-1-5-20(21)25(18-14-17-4-3-11-35-24(17)15-18)27-29(26)23-16-19(7-8-22(23)30(32)33)28-9-12-34-13-10-28/h1-8,11,14-16H,9-10,12-13H2. The molecule has 3 heterocycles. The lowest BCUT2D eigenvalue weighted by molar-refractivity contribution is -0.384. The zero-order valence-electron chi connectivity index (χ0n) is 18.6. The number of hydrogen-bond donors (Lipinski definition) is 0. The van der Waals surface area contributed by atoms with Gasteiger partial charge in [-0.05, 0) is 42.5 Å². The molecule has 0 bridgehead atoms. The highest BCUT2D eigenvalue weighted by Crippen LogP contribution is 2.35. The molecule has 0 N–H and O–H groups in total. The second-order valence-electron chi connectivity index (χ2n) is 8.32. The van der Waals surface area contributed by atoms with Crippen molar-refractivity contribution in [3.63, 3.8) is 0 Å². The van der Waals surface area contributed by atoms with Crippen molar-refractivity contribution >= 4 is 22.1 Å². The molecule has 9 heteroatoms. The lowest BCUT2D eigenvalue weighted by atomic mass is 10.1. The van der Waals surface area contributed by atoms with Crippen molar-refractivity contribution in [3.05, 3.63) is 93.5 Å². The van der Waals surface area contributed by atoms with E-state index in [4.69, 9.17) is 9.15 Å². The van der Waals surface area contributed by atoms with Crippen LogP contribution in [0, 0.1) is 10.1 Å². The maximum atomic E-state index is 13.6. The third-order valence-corrected chi connectivity index (χ3v) is 6.27. The first-order valence-corrected chi connectivity index (χ1v) is 11.2. The number of anilines is 1. The van der Waals surface area contributed by atoms with Crippen LogP contribution in [0.4, 0.5) is 11.4 Å². The summed E-state index contributed by atoms with van der Waals surface area (Å²) < 4.78 is 12.2. The van der Waals surface area contributed by atoms with Crippen molar-refractivity contribution in [2.24, 2.45) is 0 Å². The molecule has 0 amide bonds. The molecule has 0 unspecified atom stereocenters. The number of nitro benzene ring substituents is 1. The van der Waals surface area contributed by atoms with E-state index in [-0.39, 0.29) is 11.4 Å². The van der Waals surface area contributed by atoms with Crippen LogP contribution < -0.4 is 10.5 Å². The van der Waals surface area contributed by atoms with Gasteiger partial charge < -0.3 is 14.1 Å². The summed E-state index contributed by atoms with van der Waals surface area (Å²) >= 11 is 0. The number of rotatable bonds is 4. The molecule has 3 aromatic rings. The summed E-state index contributed by atoms with van der Waals surface area (Å²) in [7, 11) is 0. The summed E-state index contributed by atoms with van der Waals surface area (Å²) in [6, 6.07) is 19.5. The van der Waals surface area contributed by atoms with E-state index in [1.165, 1.54) is 6.07 Å². The van der Waals surface area contributed by atoms with Crippen LogP contribution in [0.5, 0.6) is 0 Å². The van der Waals surface area contributed by atoms with Crippen molar-refractivity contribution < 1.29 is 14.1 Å². The first-order valence-electron chi connectivity index (χ1n) is 11.2. The Hall–Kier alpha value is -4.50. The average Bonchev–Trinajstić information content (AvgIpc) is 3.33. The van der Waals surface area contributed by atoms with Gasteiger partial charge in [0.25, 0.3) is 11.2 Å². The van der Waals surface area contributed by atoms with Crippen LogP contribution in [0.15, 0.2) is 82.2 Å². The minimum atomic E-state index is -0.489. The number of benzene rings is 2. The van der Waals surface area contributed by atoms with E-state index in [0.29, 0.717) is 48.5 Å². The quantitative estimate of drug-likeness (QED) is 0.283. The Morgan fingerprint density at radius 2 is 1.71 bits per heavy atom. The fourth-order valence-corrected chi connectivity index (χ4v) is 4.55. The minimum Gasteiger partial charge on any atom is -0.464 e. The number of morpholine rings is 1. The molecular weight excluding hydrogens is 448 g/mol. The smallest absolute Gasteiger partial charge is 0.295 e. The van der Waals surface area contributed by atoms with Gasteiger partial charge in [-0.3, -0.25) is 14.9 Å². The Labute approximate surface area is 199 Å². The number of nitro groups is 1. The molecule has 6 rings (SSSR count). The Kier molecular flexibility index (Phi) is 5.04. The van der Waals surface area contributed by atoms with E-state index in [0.717, 1.165) is 21.5 Å². The number of aromatic nitrogens is 2. The summed E-state index contributed by atoms with van der Waals surface area (Å²) in [6.07, 6.45) is 1.60. The van der Waals surface area contributed by atoms with E-state index in [1.54, 1.807) is 36.6 Å². The van der Waals surface area contributed by atoms with E-state index in [9.17, 15) is 14.9 Å². The predicted molar refractivity (Wildman–Crippen MR) is 131 cm³/mol. The van der Waals surface area contributed by atoms with Gasteiger partial charge in [-0.25, -0.2) is 0 Å². The van der Waals surface area contributed by atoms with E-state index < -0.39 is 10.5 Å². The van der Waals surface area contributed by atoms with Crippen molar-refractivity contribution in [2.45, 2.75) is 0 Å². The Bertz CT molecular complexity index is 1570. The van der Waals surface area contributed by atoms with Gasteiger partial charge in [-0.2, -0.15) is 9.78 Å². The van der Waals surface area contributed by atoms with E-state index in [1.807, 2.05) is 30.3 Å². The fourth-order valence-electron chi connectivity index (χ4n) is 4.55. The third-order valence-electron chi connectivity index (χ3n) is 6.27. The lowest BCUT2D eigenvalue weighted by Gasteiger charge is -2.29. The second kappa shape index (κ2) is 8.37. The highest BCUT2D eigenvalue weighted by atomic mass is 16.6. The first kappa shape index (κ1) is 21.1. The van der Waals surface area contributed by atoms with Crippen molar-refractivity contribution in [3.8, 4) is 28.3 Å². The largest absolute Gasteiger partial charge is 0.464 e. The second-order valence-corrected chi connectivity index (χ2v) is 8.32. The average molecular weight is 468 g/mol.